The van der Waals surface area contributed by atoms with Crippen LogP contribution in [0.25, 0.3) is 10.1 Å². The Morgan fingerprint density at radius 1 is 0.680 bits per heavy atom. The third kappa shape index (κ3) is 2.33. The number of hydrogen-bond acceptors (Lipinski definition) is 0. The van der Waals surface area contributed by atoms with Crippen LogP contribution in [0.15, 0.2) is 59.7 Å². The molecule has 2 aromatic carbocycles. The molecule has 0 N–H and O–H groups in total. The minimum absolute atomic E-state index is 0.423. The molecule has 0 aromatic heterocycles. The van der Waals surface area contributed by atoms with Crippen LogP contribution in [0.1, 0.15) is 47.2 Å². The molecular formula is C22H22Cl2Si. The summed E-state index contributed by atoms with van der Waals surface area (Å²) in [6, 6.07) is 17.3. The first-order valence-electron chi connectivity index (χ1n) is 8.76. The highest BCUT2D eigenvalue weighted by molar-refractivity contribution is 6.82. The maximum Gasteiger partial charge on any atom is 0.0723 e. The SMILES string of the molecule is CC1=C(Cl)c2ccccc2C1[Si](C)(C)C1C(C)=C(Cl)c2ccccc21. The Kier molecular flexibility index (Phi) is 4.03. The molecule has 2 atom stereocenters. The van der Waals surface area contributed by atoms with Gasteiger partial charge in [-0.05, 0) is 47.2 Å². The van der Waals surface area contributed by atoms with Crippen LogP contribution in [0.2, 0.25) is 13.1 Å². The average Bonchev–Trinajstić information content (AvgIpc) is 3.01. The lowest BCUT2D eigenvalue weighted by atomic mass is 10.1. The van der Waals surface area contributed by atoms with Crippen LogP contribution in [-0.4, -0.2) is 8.07 Å². The third-order valence-electron chi connectivity index (χ3n) is 6.06. The van der Waals surface area contributed by atoms with Crippen LogP contribution in [0, 0.1) is 0 Å². The Morgan fingerprint density at radius 2 is 1.04 bits per heavy atom. The van der Waals surface area contributed by atoms with Gasteiger partial charge in [0.15, 0.2) is 0 Å². The van der Waals surface area contributed by atoms with E-state index < -0.39 is 8.07 Å². The molecule has 0 spiro atoms. The molecule has 0 heterocycles. The van der Waals surface area contributed by atoms with Crippen molar-refractivity contribution < 1.29 is 0 Å². The maximum absolute atomic E-state index is 6.73. The molecule has 3 heteroatoms. The van der Waals surface area contributed by atoms with E-state index in [1.807, 2.05) is 0 Å². The van der Waals surface area contributed by atoms with Gasteiger partial charge in [-0.2, -0.15) is 0 Å². The molecule has 2 aliphatic rings. The number of fused-ring (bicyclic) bond motifs is 2. The standard InChI is InChI=1S/C22H22Cl2Si/c1-13-19(23)15-9-5-7-11-17(15)21(13)25(3,4)22-14(2)20(24)16-10-6-8-12-18(16)22/h5-12,21-22H,1-4H3. The summed E-state index contributed by atoms with van der Waals surface area (Å²) in [6.07, 6.45) is 0. The molecule has 0 aliphatic heterocycles. The Bertz CT molecular complexity index is 861. The molecule has 25 heavy (non-hydrogen) atoms. The van der Waals surface area contributed by atoms with Gasteiger partial charge in [0.2, 0.25) is 0 Å². The third-order valence-corrected chi connectivity index (χ3v) is 11.5. The Labute approximate surface area is 161 Å². The molecule has 2 aromatic rings. The summed E-state index contributed by atoms with van der Waals surface area (Å²) in [4.78, 5) is 0. The molecular weight excluding hydrogens is 363 g/mol. The maximum atomic E-state index is 6.73. The molecule has 2 aliphatic carbocycles. The minimum atomic E-state index is -1.83. The summed E-state index contributed by atoms with van der Waals surface area (Å²) in [6.45, 7) is 9.41. The minimum Gasteiger partial charge on any atom is -0.0837 e. The molecule has 0 saturated carbocycles. The van der Waals surface area contributed by atoms with Crippen LogP contribution >= 0.6 is 23.2 Å². The summed E-state index contributed by atoms with van der Waals surface area (Å²) in [5.41, 5.74) is 8.72. The highest BCUT2D eigenvalue weighted by Crippen LogP contribution is 2.56. The second-order valence-corrected chi connectivity index (χ2v) is 13.4. The van der Waals surface area contributed by atoms with Crippen molar-refractivity contribution in [3.05, 3.63) is 81.9 Å². The van der Waals surface area contributed by atoms with Crippen molar-refractivity contribution in [2.24, 2.45) is 0 Å². The van der Waals surface area contributed by atoms with Crippen LogP contribution < -0.4 is 0 Å². The van der Waals surface area contributed by atoms with Gasteiger partial charge in [-0.25, -0.2) is 0 Å². The van der Waals surface area contributed by atoms with E-state index in [2.05, 4.69) is 75.5 Å². The van der Waals surface area contributed by atoms with E-state index in [0.29, 0.717) is 11.1 Å². The van der Waals surface area contributed by atoms with Crippen molar-refractivity contribution >= 4 is 41.3 Å². The molecule has 0 fully saturated rings. The predicted molar refractivity (Wildman–Crippen MR) is 113 cm³/mol. The summed E-state index contributed by atoms with van der Waals surface area (Å²) >= 11 is 13.5. The van der Waals surface area contributed by atoms with Crippen LogP contribution in [0.4, 0.5) is 0 Å². The van der Waals surface area contributed by atoms with Crippen molar-refractivity contribution in [2.45, 2.75) is 38.0 Å². The lowest BCUT2D eigenvalue weighted by molar-refractivity contribution is 0.968. The highest BCUT2D eigenvalue weighted by Gasteiger charge is 2.48. The molecule has 0 amide bonds. The highest BCUT2D eigenvalue weighted by atomic mass is 35.5. The summed E-state index contributed by atoms with van der Waals surface area (Å²) in [5.74, 6) is 0. The number of halogens is 2. The Hall–Kier alpha value is -1.28. The van der Waals surface area contributed by atoms with Crippen LogP contribution in [0.5, 0.6) is 0 Å². The smallest absolute Gasteiger partial charge is 0.0723 e. The first kappa shape index (κ1) is 17.1. The zero-order valence-corrected chi connectivity index (χ0v) is 17.5. The molecule has 0 bridgehead atoms. The van der Waals surface area contributed by atoms with Crippen LogP contribution in [0.3, 0.4) is 0 Å². The molecule has 0 nitrogen and oxygen atoms in total. The fourth-order valence-electron chi connectivity index (χ4n) is 5.13. The van der Waals surface area contributed by atoms with Crippen molar-refractivity contribution in [3.8, 4) is 0 Å². The van der Waals surface area contributed by atoms with E-state index in [9.17, 15) is 0 Å². The molecule has 4 rings (SSSR count). The van der Waals surface area contributed by atoms with Gasteiger partial charge in [0.1, 0.15) is 0 Å². The van der Waals surface area contributed by atoms with E-state index in [0.717, 1.165) is 10.1 Å². The van der Waals surface area contributed by atoms with Crippen molar-refractivity contribution in [1.29, 1.82) is 0 Å². The van der Waals surface area contributed by atoms with Gasteiger partial charge in [-0.3, -0.25) is 0 Å². The van der Waals surface area contributed by atoms with E-state index in [-0.39, 0.29) is 0 Å². The second kappa shape index (κ2) is 5.87. The van der Waals surface area contributed by atoms with Gasteiger partial charge in [0.25, 0.3) is 0 Å². The predicted octanol–water partition coefficient (Wildman–Crippen LogP) is 7.31. The normalized spacial score (nSPS) is 22.5. The molecule has 2 unspecified atom stereocenters. The number of hydrogen-bond donors (Lipinski definition) is 0. The monoisotopic (exact) mass is 384 g/mol. The van der Waals surface area contributed by atoms with Crippen molar-refractivity contribution in [2.75, 3.05) is 0 Å². The largest absolute Gasteiger partial charge is 0.0837 e. The second-order valence-electron chi connectivity index (χ2n) is 7.86. The summed E-state index contributed by atoms with van der Waals surface area (Å²) < 4.78 is 0. The summed E-state index contributed by atoms with van der Waals surface area (Å²) in [7, 11) is -1.83. The van der Waals surface area contributed by atoms with Crippen molar-refractivity contribution in [1.82, 2.24) is 0 Å². The van der Waals surface area contributed by atoms with E-state index >= 15 is 0 Å². The van der Waals surface area contributed by atoms with Gasteiger partial charge < -0.3 is 0 Å². The zero-order chi connectivity index (χ0) is 17.9. The fraction of sp³-hybridized carbons (Fsp3) is 0.273. The quantitative estimate of drug-likeness (QED) is 0.476. The van der Waals surface area contributed by atoms with Gasteiger partial charge >= 0.3 is 0 Å². The first-order chi connectivity index (χ1) is 11.9. The van der Waals surface area contributed by atoms with Gasteiger partial charge in [-0.1, -0.05) is 84.8 Å². The zero-order valence-electron chi connectivity index (χ0n) is 15.0. The van der Waals surface area contributed by atoms with E-state index in [1.54, 1.807) is 0 Å². The molecule has 128 valence electrons. The molecule has 0 radical (unpaired) electrons. The lowest BCUT2D eigenvalue weighted by Gasteiger charge is -2.38. The number of benzene rings is 2. The topological polar surface area (TPSA) is 0 Å². The first-order valence-corrected chi connectivity index (χ1v) is 12.7. The van der Waals surface area contributed by atoms with Gasteiger partial charge in [0, 0.05) is 21.1 Å². The molecule has 0 saturated heterocycles. The van der Waals surface area contributed by atoms with E-state index in [1.165, 1.54) is 33.4 Å². The van der Waals surface area contributed by atoms with Crippen LogP contribution in [-0.2, 0) is 0 Å². The van der Waals surface area contributed by atoms with Crippen molar-refractivity contribution in [3.63, 3.8) is 0 Å². The fourth-order valence-corrected chi connectivity index (χ4v) is 10.8. The lowest BCUT2D eigenvalue weighted by Crippen LogP contribution is -2.42. The average molecular weight is 385 g/mol. The van der Waals surface area contributed by atoms with Gasteiger partial charge in [-0.15, -0.1) is 0 Å². The number of rotatable bonds is 2. The summed E-state index contributed by atoms with van der Waals surface area (Å²) in [5, 5.41) is 1.89. The van der Waals surface area contributed by atoms with Gasteiger partial charge in [0.05, 0.1) is 8.07 Å². The Balaban J connectivity index is 1.90. The Morgan fingerprint density at radius 3 is 1.44 bits per heavy atom. The number of allylic oxidation sites excluding steroid dienone is 2. The van der Waals surface area contributed by atoms with E-state index in [4.69, 9.17) is 23.2 Å².